The summed E-state index contributed by atoms with van der Waals surface area (Å²) in [6, 6.07) is 19.8. The second kappa shape index (κ2) is 9.47. The van der Waals surface area contributed by atoms with Gasteiger partial charge >= 0.3 is 0 Å². The SMILES string of the molecule is Cc1nc(-c2ccc(OCC(=O)N3CCN(S(=O)(=O)c4ccc5ccccc5c4)CC3)cc2)no1. The van der Waals surface area contributed by atoms with Gasteiger partial charge in [-0.05, 0) is 47.2 Å². The molecule has 5 rings (SSSR count). The first kappa shape index (κ1) is 23.0. The van der Waals surface area contributed by atoms with Gasteiger partial charge in [-0.2, -0.15) is 9.29 Å². The van der Waals surface area contributed by atoms with Gasteiger partial charge in [-0.15, -0.1) is 0 Å². The number of benzene rings is 3. The number of hydrogen-bond donors (Lipinski definition) is 0. The molecule has 0 spiro atoms. The number of sulfonamides is 1. The molecule has 1 aliphatic rings. The molecule has 180 valence electrons. The van der Waals surface area contributed by atoms with E-state index in [1.165, 1.54) is 4.31 Å². The van der Waals surface area contributed by atoms with E-state index in [-0.39, 0.29) is 30.5 Å². The van der Waals surface area contributed by atoms with Crippen LogP contribution in [-0.2, 0) is 14.8 Å². The number of nitrogens with zero attached hydrogens (tertiary/aromatic N) is 4. The lowest BCUT2D eigenvalue weighted by atomic mass is 10.1. The summed E-state index contributed by atoms with van der Waals surface area (Å²) in [5.41, 5.74) is 0.782. The molecule has 1 aliphatic heterocycles. The quantitative estimate of drug-likeness (QED) is 0.407. The fraction of sp³-hybridized carbons (Fsp3) is 0.240. The van der Waals surface area contributed by atoms with Crippen molar-refractivity contribution >= 4 is 26.7 Å². The van der Waals surface area contributed by atoms with Crippen LogP contribution in [0.1, 0.15) is 5.89 Å². The van der Waals surface area contributed by atoms with E-state index in [4.69, 9.17) is 9.26 Å². The molecule has 0 N–H and O–H groups in total. The minimum Gasteiger partial charge on any atom is -0.484 e. The van der Waals surface area contributed by atoms with Crippen molar-refractivity contribution in [3.63, 3.8) is 0 Å². The number of amides is 1. The predicted molar refractivity (Wildman–Crippen MR) is 129 cm³/mol. The van der Waals surface area contributed by atoms with E-state index in [9.17, 15) is 13.2 Å². The third-order valence-corrected chi connectivity index (χ3v) is 7.85. The number of aromatic nitrogens is 2. The van der Waals surface area contributed by atoms with Gasteiger partial charge in [0.25, 0.3) is 5.91 Å². The van der Waals surface area contributed by atoms with E-state index in [0.717, 1.165) is 16.3 Å². The summed E-state index contributed by atoms with van der Waals surface area (Å²) < 4.78 is 38.3. The zero-order chi connectivity index (χ0) is 24.4. The van der Waals surface area contributed by atoms with Crippen LogP contribution in [0.3, 0.4) is 0 Å². The van der Waals surface area contributed by atoms with Gasteiger partial charge in [0.2, 0.25) is 21.7 Å². The van der Waals surface area contributed by atoms with Crippen molar-refractivity contribution in [2.45, 2.75) is 11.8 Å². The van der Waals surface area contributed by atoms with Crippen LogP contribution >= 0.6 is 0 Å². The van der Waals surface area contributed by atoms with Crippen LogP contribution < -0.4 is 4.74 Å². The first-order valence-corrected chi connectivity index (χ1v) is 12.6. The molecule has 3 aromatic carbocycles. The van der Waals surface area contributed by atoms with Gasteiger partial charge in [-0.3, -0.25) is 4.79 Å². The minimum atomic E-state index is -3.64. The van der Waals surface area contributed by atoms with Gasteiger partial charge in [0.05, 0.1) is 4.90 Å². The number of aryl methyl sites for hydroxylation is 1. The highest BCUT2D eigenvalue weighted by Crippen LogP contribution is 2.23. The lowest BCUT2D eigenvalue weighted by molar-refractivity contribution is -0.134. The fourth-order valence-corrected chi connectivity index (χ4v) is 5.47. The Morgan fingerprint density at radius 3 is 2.37 bits per heavy atom. The zero-order valence-electron chi connectivity index (χ0n) is 19.1. The van der Waals surface area contributed by atoms with E-state index in [2.05, 4.69) is 10.1 Å². The van der Waals surface area contributed by atoms with Crippen molar-refractivity contribution in [2.24, 2.45) is 0 Å². The van der Waals surface area contributed by atoms with Gasteiger partial charge in [-0.25, -0.2) is 8.42 Å². The maximum atomic E-state index is 13.1. The molecule has 2 heterocycles. The molecule has 0 saturated carbocycles. The molecule has 35 heavy (non-hydrogen) atoms. The van der Waals surface area contributed by atoms with Gasteiger partial charge in [0.1, 0.15) is 5.75 Å². The van der Waals surface area contributed by atoms with Crippen LogP contribution in [0.15, 0.2) is 76.1 Å². The molecule has 0 unspecified atom stereocenters. The number of fused-ring (bicyclic) bond motifs is 1. The van der Waals surface area contributed by atoms with Crippen molar-refractivity contribution < 1.29 is 22.5 Å². The topological polar surface area (TPSA) is 106 Å². The largest absolute Gasteiger partial charge is 0.484 e. The Kier molecular flexibility index (Phi) is 6.23. The number of rotatable bonds is 6. The molecule has 0 bridgehead atoms. The molecule has 10 heteroatoms. The second-order valence-electron chi connectivity index (χ2n) is 8.24. The van der Waals surface area contributed by atoms with Crippen molar-refractivity contribution in [2.75, 3.05) is 32.8 Å². The van der Waals surface area contributed by atoms with Crippen LogP contribution in [0.5, 0.6) is 5.75 Å². The van der Waals surface area contributed by atoms with E-state index in [1.807, 2.05) is 30.3 Å². The molecule has 0 aliphatic carbocycles. The number of piperazine rings is 1. The molecule has 1 amide bonds. The zero-order valence-corrected chi connectivity index (χ0v) is 19.9. The normalized spacial score (nSPS) is 14.8. The summed E-state index contributed by atoms with van der Waals surface area (Å²) in [4.78, 5) is 18.7. The van der Waals surface area contributed by atoms with Crippen LogP contribution in [0, 0.1) is 6.92 Å². The second-order valence-corrected chi connectivity index (χ2v) is 10.2. The Balaban J connectivity index is 1.15. The standard InChI is InChI=1S/C25H24N4O5S/c1-18-26-25(27-34-18)20-6-9-22(10-7-20)33-17-24(30)28-12-14-29(15-13-28)35(31,32)23-11-8-19-4-2-3-5-21(19)16-23/h2-11,16H,12-15,17H2,1H3. The van der Waals surface area contributed by atoms with Gasteiger partial charge in [0.15, 0.2) is 6.61 Å². The van der Waals surface area contributed by atoms with Crippen molar-refractivity contribution in [3.8, 4) is 17.1 Å². The molecule has 9 nitrogen and oxygen atoms in total. The summed E-state index contributed by atoms with van der Waals surface area (Å²) in [6.45, 7) is 2.69. The smallest absolute Gasteiger partial charge is 0.260 e. The first-order chi connectivity index (χ1) is 16.9. The van der Waals surface area contributed by atoms with E-state index in [0.29, 0.717) is 30.6 Å². The summed E-state index contributed by atoms with van der Waals surface area (Å²) in [5.74, 6) is 1.32. The Morgan fingerprint density at radius 2 is 1.69 bits per heavy atom. The molecular weight excluding hydrogens is 468 g/mol. The average Bonchev–Trinajstić information content (AvgIpc) is 3.33. The van der Waals surface area contributed by atoms with Crippen molar-refractivity contribution in [1.82, 2.24) is 19.3 Å². The minimum absolute atomic E-state index is 0.127. The Labute approximate surface area is 203 Å². The number of ether oxygens (including phenoxy) is 1. The number of carbonyl (C=O) groups excluding carboxylic acids is 1. The highest BCUT2D eigenvalue weighted by atomic mass is 32.2. The fourth-order valence-electron chi connectivity index (χ4n) is 4.01. The Hall–Kier alpha value is -3.76. The van der Waals surface area contributed by atoms with Crippen LogP contribution in [0.2, 0.25) is 0 Å². The maximum absolute atomic E-state index is 13.1. The van der Waals surface area contributed by atoms with Crippen molar-refractivity contribution in [1.29, 1.82) is 0 Å². The van der Waals surface area contributed by atoms with Crippen molar-refractivity contribution in [3.05, 3.63) is 72.6 Å². The van der Waals surface area contributed by atoms with E-state index < -0.39 is 10.0 Å². The first-order valence-electron chi connectivity index (χ1n) is 11.2. The third-order valence-electron chi connectivity index (χ3n) is 5.95. The van der Waals surface area contributed by atoms with Crippen LogP contribution in [0.4, 0.5) is 0 Å². The molecule has 0 atom stereocenters. The summed E-state index contributed by atoms with van der Waals surface area (Å²) in [7, 11) is -3.64. The Bertz CT molecular complexity index is 1460. The lowest BCUT2D eigenvalue weighted by Crippen LogP contribution is -2.51. The van der Waals surface area contributed by atoms with Crippen LogP contribution in [-0.4, -0.2) is 66.5 Å². The number of carbonyl (C=O) groups is 1. The molecule has 4 aromatic rings. The Morgan fingerprint density at radius 1 is 0.971 bits per heavy atom. The molecule has 1 fully saturated rings. The van der Waals surface area contributed by atoms with Gasteiger partial charge in [0, 0.05) is 38.7 Å². The highest BCUT2D eigenvalue weighted by Gasteiger charge is 2.30. The average molecular weight is 493 g/mol. The van der Waals surface area contributed by atoms with E-state index in [1.54, 1.807) is 48.2 Å². The monoisotopic (exact) mass is 492 g/mol. The summed E-state index contributed by atoms with van der Waals surface area (Å²) >= 11 is 0. The molecule has 1 saturated heterocycles. The predicted octanol–water partition coefficient (Wildman–Crippen LogP) is 3.11. The lowest BCUT2D eigenvalue weighted by Gasteiger charge is -2.34. The van der Waals surface area contributed by atoms with Crippen LogP contribution in [0.25, 0.3) is 22.2 Å². The number of hydrogen-bond acceptors (Lipinski definition) is 7. The molecular formula is C25H24N4O5S. The maximum Gasteiger partial charge on any atom is 0.260 e. The molecule has 0 radical (unpaired) electrons. The summed E-state index contributed by atoms with van der Waals surface area (Å²) in [5, 5.41) is 5.73. The third kappa shape index (κ3) is 4.89. The van der Waals surface area contributed by atoms with E-state index >= 15 is 0 Å². The van der Waals surface area contributed by atoms with Gasteiger partial charge < -0.3 is 14.2 Å². The summed E-state index contributed by atoms with van der Waals surface area (Å²) in [6.07, 6.45) is 0. The highest BCUT2D eigenvalue weighted by molar-refractivity contribution is 7.89. The van der Waals surface area contributed by atoms with Gasteiger partial charge in [-0.1, -0.05) is 35.5 Å². The molecule has 1 aromatic heterocycles.